The molecule has 2 heterocycles. The van der Waals surface area contributed by atoms with Gasteiger partial charge in [0.15, 0.2) is 5.82 Å². The molecule has 1 aromatic rings. The molecule has 132 valence electrons. The standard InChI is InChI=1S/C17H25N3O4/c1-3-7-14-18-13(19-24-14)11-20(4-2)16(22)12-10-15(21)23-17(12)8-5-6-9-17/h12H,3-11H2,1-2H3. The third-order valence-electron chi connectivity index (χ3n) is 5.07. The van der Waals surface area contributed by atoms with Crippen molar-refractivity contribution in [1.82, 2.24) is 15.0 Å². The van der Waals surface area contributed by atoms with E-state index in [0.717, 1.165) is 38.5 Å². The highest BCUT2D eigenvalue weighted by Crippen LogP contribution is 2.46. The Hall–Kier alpha value is -1.92. The molecule has 0 radical (unpaired) electrons. The Labute approximate surface area is 141 Å². The molecule has 2 aliphatic rings. The number of amides is 1. The zero-order valence-corrected chi connectivity index (χ0v) is 14.4. The van der Waals surface area contributed by atoms with Crippen molar-refractivity contribution in [2.45, 2.75) is 70.9 Å². The summed E-state index contributed by atoms with van der Waals surface area (Å²) in [5.41, 5.74) is -0.577. The van der Waals surface area contributed by atoms with Crippen molar-refractivity contribution in [3.05, 3.63) is 11.7 Å². The predicted octanol–water partition coefficient (Wildman–Crippen LogP) is 2.25. The molecule has 0 bridgehead atoms. The van der Waals surface area contributed by atoms with E-state index in [1.54, 1.807) is 4.90 Å². The van der Waals surface area contributed by atoms with Crippen molar-refractivity contribution in [2.24, 2.45) is 5.92 Å². The molecule has 7 heteroatoms. The van der Waals surface area contributed by atoms with Gasteiger partial charge in [0.05, 0.1) is 18.9 Å². The van der Waals surface area contributed by atoms with Crippen molar-refractivity contribution in [2.75, 3.05) is 6.54 Å². The van der Waals surface area contributed by atoms with Crippen LogP contribution in [0, 0.1) is 5.92 Å². The quantitative estimate of drug-likeness (QED) is 0.741. The van der Waals surface area contributed by atoms with Crippen LogP contribution in [0.4, 0.5) is 0 Å². The number of carbonyl (C=O) groups excluding carboxylic acids is 2. The molecule has 24 heavy (non-hydrogen) atoms. The molecule has 1 amide bonds. The average Bonchev–Trinajstić information content (AvgIpc) is 3.27. The van der Waals surface area contributed by atoms with Crippen molar-refractivity contribution in [3.8, 4) is 0 Å². The van der Waals surface area contributed by atoms with Gasteiger partial charge in [-0.1, -0.05) is 12.1 Å². The second-order valence-corrected chi connectivity index (χ2v) is 6.71. The molecule has 1 aromatic heterocycles. The molecule has 2 fully saturated rings. The van der Waals surface area contributed by atoms with Gasteiger partial charge in [-0.3, -0.25) is 9.59 Å². The maximum Gasteiger partial charge on any atom is 0.307 e. The smallest absolute Gasteiger partial charge is 0.307 e. The molecular weight excluding hydrogens is 310 g/mol. The van der Waals surface area contributed by atoms with Crippen LogP contribution in [0.5, 0.6) is 0 Å². The lowest BCUT2D eigenvalue weighted by Crippen LogP contribution is -2.44. The van der Waals surface area contributed by atoms with Gasteiger partial charge in [-0.15, -0.1) is 0 Å². The summed E-state index contributed by atoms with van der Waals surface area (Å²) in [6.07, 6.45) is 5.44. The second kappa shape index (κ2) is 6.91. The summed E-state index contributed by atoms with van der Waals surface area (Å²) < 4.78 is 10.8. The van der Waals surface area contributed by atoms with Gasteiger partial charge in [-0.25, -0.2) is 0 Å². The van der Waals surface area contributed by atoms with Crippen molar-refractivity contribution in [1.29, 1.82) is 0 Å². The van der Waals surface area contributed by atoms with Gasteiger partial charge in [-0.2, -0.15) is 4.98 Å². The summed E-state index contributed by atoms with van der Waals surface area (Å²) in [6.45, 7) is 4.81. The summed E-state index contributed by atoms with van der Waals surface area (Å²) in [6, 6.07) is 0. The van der Waals surface area contributed by atoms with Crippen molar-refractivity contribution < 1.29 is 18.8 Å². The fourth-order valence-corrected chi connectivity index (χ4v) is 3.83. The number of carbonyl (C=O) groups is 2. The molecule has 1 spiro atoms. The SMILES string of the molecule is CCCc1nc(CN(CC)C(=O)C2CC(=O)OC23CCCC3)no1. The number of esters is 1. The summed E-state index contributed by atoms with van der Waals surface area (Å²) in [5, 5.41) is 3.96. The van der Waals surface area contributed by atoms with E-state index < -0.39 is 5.60 Å². The van der Waals surface area contributed by atoms with Crippen LogP contribution >= 0.6 is 0 Å². The Morgan fingerprint density at radius 3 is 2.75 bits per heavy atom. The molecule has 1 atom stereocenters. The Balaban J connectivity index is 1.72. The van der Waals surface area contributed by atoms with Gasteiger partial charge in [0.25, 0.3) is 0 Å². The van der Waals surface area contributed by atoms with Crippen LogP contribution < -0.4 is 0 Å². The van der Waals surface area contributed by atoms with E-state index >= 15 is 0 Å². The number of ether oxygens (including phenoxy) is 1. The lowest BCUT2D eigenvalue weighted by molar-refractivity contribution is -0.151. The van der Waals surface area contributed by atoms with Crippen LogP contribution in [0.2, 0.25) is 0 Å². The zero-order chi connectivity index (χ0) is 17.2. The molecular formula is C17H25N3O4. The highest BCUT2D eigenvalue weighted by atomic mass is 16.6. The van der Waals surface area contributed by atoms with Gasteiger partial charge in [0.2, 0.25) is 11.8 Å². The fraction of sp³-hybridized carbons (Fsp3) is 0.765. The summed E-state index contributed by atoms with van der Waals surface area (Å²) in [5.74, 6) is 0.444. The Morgan fingerprint density at radius 2 is 2.08 bits per heavy atom. The second-order valence-electron chi connectivity index (χ2n) is 6.71. The molecule has 1 saturated carbocycles. The van der Waals surface area contributed by atoms with E-state index in [2.05, 4.69) is 10.1 Å². The normalized spacial score (nSPS) is 22.1. The summed E-state index contributed by atoms with van der Waals surface area (Å²) in [7, 11) is 0. The van der Waals surface area contributed by atoms with Crippen LogP contribution in [0.25, 0.3) is 0 Å². The fourth-order valence-electron chi connectivity index (χ4n) is 3.83. The van der Waals surface area contributed by atoms with E-state index in [1.165, 1.54) is 0 Å². The zero-order valence-electron chi connectivity index (χ0n) is 14.4. The van der Waals surface area contributed by atoms with Gasteiger partial charge in [0, 0.05) is 13.0 Å². The third-order valence-corrected chi connectivity index (χ3v) is 5.07. The Kier molecular flexibility index (Phi) is 4.87. The van der Waals surface area contributed by atoms with E-state index in [9.17, 15) is 9.59 Å². The summed E-state index contributed by atoms with van der Waals surface area (Å²) in [4.78, 5) is 30.9. The number of rotatable bonds is 6. The van der Waals surface area contributed by atoms with Gasteiger partial charge in [0.1, 0.15) is 5.60 Å². The molecule has 1 unspecified atom stereocenters. The van der Waals surface area contributed by atoms with E-state index in [-0.39, 0.29) is 24.2 Å². The van der Waals surface area contributed by atoms with Gasteiger partial charge >= 0.3 is 5.97 Å². The van der Waals surface area contributed by atoms with Crippen LogP contribution in [0.15, 0.2) is 4.52 Å². The van der Waals surface area contributed by atoms with Crippen molar-refractivity contribution in [3.63, 3.8) is 0 Å². The third kappa shape index (κ3) is 3.16. The largest absolute Gasteiger partial charge is 0.458 e. The van der Waals surface area contributed by atoms with Gasteiger partial charge < -0.3 is 14.2 Å². The first-order valence-electron chi connectivity index (χ1n) is 8.90. The first-order valence-corrected chi connectivity index (χ1v) is 8.90. The minimum atomic E-state index is -0.577. The average molecular weight is 335 g/mol. The van der Waals surface area contributed by atoms with E-state index in [4.69, 9.17) is 9.26 Å². The van der Waals surface area contributed by atoms with E-state index in [0.29, 0.717) is 24.8 Å². The number of hydrogen-bond acceptors (Lipinski definition) is 6. The minimum Gasteiger partial charge on any atom is -0.458 e. The highest BCUT2D eigenvalue weighted by Gasteiger charge is 2.54. The van der Waals surface area contributed by atoms with E-state index in [1.807, 2.05) is 13.8 Å². The maximum atomic E-state index is 13.0. The lowest BCUT2D eigenvalue weighted by atomic mass is 9.84. The number of aryl methyl sites for hydroxylation is 1. The number of nitrogens with zero attached hydrogens (tertiary/aromatic N) is 3. The van der Waals surface area contributed by atoms with Crippen LogP contribution in [-0.2, 0) is 27.3 Å². The van der Waals surface area contributed by atoms with Crippen LogP contribution in [0.3, 0.4) is 0 Å². The molecule has 0 aromatic carbocycles. The van der Waals surface area contributed by atoms with Crippen molar-refractivity contribution >= 4 is 11.9 Å². The highest BCUT2D eigenvalue weighted by molar-refractivity contribution is 5.88. The first-order chi connectivity index (χ1) is 11.6. The Morgan fingerprint density at radius 1 is 1.33 bits per heavy atom. The topological polar surface area (TPSA) is 85.5 Å². The molecule has 7 nitrogen and oxygen atoms in total. The lowest BCUT2D eigenvalue weighted by Gasteiger charge is -2.31. The maximum absolute atomic E-state index is 13.0. The van der Waals surface area contributed by atoms with Crippen LogP contribution in [-0.4, -0.2) is 39.1 Å². The molecule has 0 N–H and O–H groups in total. The molecule has 1 aliphatic heterocycles. The first kappa shape index (κ1) is 16.9. The van der Waals surface area contributed by atoms with Crippen LogP contribution in [0.1, 0.15) is 64.1 Å². The minimum absolute atomic E-state index is 0.0351. The van der Waals surface area contributed by atoms with Gasteiger partial charge in [-0.05, 0) is 39.0 Å². The number of aromatic nitrogens is 2. The summed E-state index contributed by atoms with van der Waals surface area (Å²) >= 11 is 0. The number of hydrogen-bond donors (Lipinski definition) is 0. The Bertz CT molecular complexity index is 607. The monoisotopic (exact) mass is 335 g/mol. The molecule has 1 saturated heterocycles. The molecule has 3 rings (SSSR count). The predicted molar refractivity (Wildman–Crippen MR) is 84.8 cm³/mol. The molecule has 1 aliphatic carbocycles.